The fourth-order valence-corrected chi connectivity index (χ4v) is 3.54. The summed E-state index contributed by atoms with van der Waals surface area (Å²) >= 11 is 5.92. The lowest BCUT2D eigenvalue weighted by Gasteiger charge is -2.41. The van der Waals surface area contributed by atoms with Crippen LogP contribution in [0.3, 0.4) is 0 Å². The van der Waals surface area contributed by atoms with E-state index in [0.29, 0.717) is 10.8 Å². The van der Waals surface area contributed by atoms with E-state index in [1.807, 2.05) is 36.7 Å². The minimum absolute atomic E-state index is 0.0579. The highest BCUT2D eigenvalue weighted by Gasteiger charge is 2.33. The molecule has 24 heavy (non-hydrogen) atoms. The van der Waals surface area contributed by atoms with Crippen molar-refractivity contribution in [3.05, 3.63) is 47.2 Å². The molecular weight excluding hydrogens is 322 g/mol. The molecule has 0 bridgehead atoms. The lowest BCUT2D eigenvalue weighted by Crippen LogP contribution is -2.44. The molecule has 1 N–H and O–H groups in total. The molecule has 1 fully saturated rings. The van der Waals surface area contributed by atoms with E-state index in [9.17, 15) is 5.11 Å². The minimum Gasteiger partial charge on any atom is -0.396 e. The van der Waals surface area contributed by atoms with Crippen molar-refractivity contribution < 1.29 is 5.11 Å². The largest absolute Gasteiger partial charge is 0.396 e. The SMILES string of the molecule is CC[C@@]1(CO)CCCN(Cc2cnc(-c3ccc(Cl)cc3)nc2)C1. The van der Waals surface area contributed by atoms with Gasteiger partial charge in [-0.25, -0.2) is 9.97 Å². The van der Waals surface area contributed by atoms with Crippen LogP contribution in [0.25, 0.3) is 11.4 Å². The van der Waals surface area contributed by atoms with E-state index < -0.39 is 0 Å². The molecule has 128 valence electrons. The molecule has 0 saturated carbocycles. The molecule has 1 saturated heterocycles. The minimum atomic E-state index is 0.0579. The number of aromatic nitrogens is 2. The van der Waals surface area contributed by atoms with Gasteiger partial charge in [-0.15, -0.1) is 0 Å². The number of rotatable bonds is 5. The van der Waals surface area contributed by atoms with Gasteiger partial charge in [0.15, 0.2) is 5.82 Å². The standard InChI is InChI=1S/C19H24ClN3O/c1-2-19(14-24)8-3-9-23(13-19)12-15-10-21-18(22-11-15)16-4-6-17(20)7-5-16/h4-7,10-11,24H,2-3,8-9,12-14H2,1H3/t19-/m1/s1. The van der Waals surface area contributed by atoms with Crippen LogP contribution in [0.1, 0.15) is 31.7 Å². The van der Waals surface area contributed by atoms with Crippen LogP contribution in [-0.2, 0) is 6.54 Å². The van der Waals surface area contributed by atoms with Crippen LogP contribution in [-0.4, -0.2) is 39.7 Å². The Morgan fingerprint density at radius 1 is 1.21 bits per heavy atom. The Labute approximate surface area is 148 Å². The molecule has 1 atom stereocenters. The molecule has 2 heterocycles. The summed E-state index contributed by atoms with van der Waals surface area (Å²) in [6.07, 6.45) is 7.07. The Hall–Kier alpha value is -1.49. The van der Waals surface area contributed by atoms with Crippen molar-refractivity contribution in [2.75, 3.05) is 19.7 Å². The summed E-state index contributed by atoms with van der Waals surface area (Å²) in [5.41, 5.74) is 2.13. The lowest BCUT2D eigenvalue weighted by molar-refractivity contribution is 0.0257. The molecule has 1 aromatic carbocycles. The maximum absolute atomic E-state index is 9.75. The van der Waals surface area contributed by atoms with Gasteiger partial charge in [0.05, 0.1) is 0 Å². The Balaban J connectivity index is 1.67. The number of likely N-dealkylation sites (tertiary alicyclic amines) is 1. The second kappa shape index (κ2) is 7.60. The predicted octanol–water partition coefficient (Wildman–Crippen LogP) is 3.78. The van der Waals surface area contributed by atoms with Gasteiger partial charge in [-0.05, 0) is 50.1 Å². The maximum atomic E-state index is 9.75. The van der Waals surface area contributed by atoms with E-state index in [1.54, 1.807) is 0 Å². The van der Waals surface area contributed by atoms with E-state index in [2.05, 4.69) is 21.8 Å². The van der Waals surface area contributed by atoms with Gasteiger partial charge in [-0.2, -0.15) is 0 Å². The van der Waals surface area contributed by atoms with Crippen LogP contribution in [0.4, 0.5) is 0 Å². The van der Waals surface area contributed by atoms with Crippen LogP contribution in [0.5, 0.6) is 0 Å². The molecule has 1 aliphatic rings. The van der Waals surface area contributed by atoms with Crippen molar-refractivity contribution in [1.82, 2.24) is 14.9 Å². The molecule has 4 nitrogen and oxygen atoms in total. The lowest BCUT2D eigenvalue weighted by atomic mass is 9.78. The van der Waals surface area contributed by atoms with Crippen molar-refractivity contribution in [3.8, 4) is 11.4 Å². The first kappa shape index (κ1) is 17.3. The molecule has 3 rings (SSSR count). The third kappa shape index (κ3) is 3.94. The van der Waals surface area contributed by atoms with Crippen LogP contribution < -0.4 is 0 Å². The normalized spacial score (nSPS) is 21.8. The van der Waals surface area contributed by atoms with Gasteiger partial charge < -0.3 is 5.11 Å². The van der Waals surface area contributed by atoms with E-state index in [4.69, 9.17) is 11.6 Å². The second-order valence-corrected chi connectivity index (χ2v) is 7.18. The molecule has 0 unspecified atom stereocenters. The van der Waals surface area contributed by atoms with E-state index in [-0.39, 0.29) is 12.0 Å². The van der Waals surface area contributed by atoms with E-state index in [1.165, 1.54) is 0 Å². The molecule has 2 aromatic rings. The first-order chi connectivity index (χ1) is 11.6. The quantitative estimate of drug-likeness (QED) is 0.895. The number of nitrogens with zero attached hydrogens (tertiary/aromatic N) is 3. The van der Waals surface area contributed by atoms with Crippen molar-refractivity contribution in [2.45, 2.75) is 32.7 Å². The van der Waals surface area contributed by atoms with Gasteiger partial charge in [-0.1, -0.05) is 18.5 Å². The van der Waals surface area contributed by atoms with Gasteiger partial charge in [0.25, 0.3) is 0 Å². The zero-order valence-electron chi connectivity index (χ0n) is 14.1. The molecule has 1 aromatic heterocycles. The number of aliphatic hydroxyl groups is 1. The van der Waals surface area contributed by atoms with Gasteiger partial charge in [-0.3, -0.25) is 4.90 Å². The number of piperidine rings is 1. The Kier molecular flexibility index (Phi) is 5.49. The molecule has 1 aliphatic heterocycles. The molecular formula is C19H24ClN3O. The number of hydrogen-bond donors (Lipinski definition) is 1. The van der Waals surface area contributed by atoms with Crippen LogP contribution >= 0.6 is 11.6 Å². The topological polar surface area (TPSA) is 49.2 Å². The summed E-state index contributed by atoms with van der Waals surface area (Å²) in [7, 11) is 0. The Bertz CT molecular complexity index is 653. The summed E-state index contributed by atoms with van der Waals surface area (Å²) in [4.78, 5) is 11.4. The van der Waals surface area contributed by atoms with Crippen molar-refractivity contribution in [3.63, 3.8) is 0 Å². The van der Waals surface area contributed by atoms with E-state index >= 15 is 0 Å². The molecule has 0 radical (unpaired) electrons. The van der Waals surface area contributed by atoms with Crippen molar-refractivity contribution in [1.29, 1.82) is 0 Å². The van der Waals surface area contributed by atoms with Crippen LogP contribution in [0, 0.1) is 5.41 Å². The highest BCUT2D eigenvalue weighted by molar-refractivity contribution is 6.30. The maximum Gasteiger partial charge on any atom is 0.159 e. The summed E-state index contributed by atoms with van der Waals surface area (Å²) < 4.78 is 0. The smallest absolute Gasteiger partial charge is 0.159 e. The zero-order valence-corrected chi connectivity index (χ0v) is 14.8. The summed E-state index contributed by atoms with van der Waals surface area (Å²) in [5.74, 6) is 0.715. The molecule has 5 heteroatoms. The van der Waals surface area contributed by atoms with Gasteiger partial charge in [0.2, 0.25) is 0 Å². The number of aliphatic hydroxyl groups excluding tert-OH is 1. The number of hydrogen-bond acceptors (Lipinski definition) is 4. The first-order valence-corrected chi connectivity index (χ1v) is 8.92. The van der Waals surface area contributed by atoms with Crippen molar-refractivity contribution >= 4 is 11.6 Å². The summed E-state index contributed by atoms with van der Waals surface area (Å²) in [6, 6.07) is 7.56. The average molecular weight is 346 g/mol. The third-order valence-corrected chi connectivity index (χ3v) is 5.29. The molecule has 0 spiro atoms. The fraction of sp³-hybridized carbons (Fsp3) is 0.474. The Morgan fingerprint density at radius 2 is 1.92 bits per heavy atom. The zero-order chi connectivity index (χ0) is 17.0. The Morgan fingerprint density at radius 3 is 2.54 bits per heavy atom. The second-order valence-electron chi connectivity index (χ2n) is 6.75. The average Bonchev–Trinajstić information content (AvgIpc) is 2.63. The van der Waals surface area contributed by atoms with Crippen LogP contribution in [0.15, 0.2) is 36.7 Å². The summed E-state index contributed by atoms with van der Waals surface area (Å²) in [6.45, 7) is 5.29. The number of benzene rings is 1. The predicted molar refractivity (Wildman–Crippen MR) is 96.8 cm³/mol. The van der Waals surface area contributed by atoms with Gasteiger partial charge >= 0.3 is 0 Å². The summed E-state index contributed by atoms with van der Waals surface area (Å²) in [5, 5.41) is 10.5. The third-order valence-electron chi connectivity index (χ3n) is 5.04. The van der Waals surface area contributed by atoms with Crippen LogP contribution in [0.2, 0.25) is 5.02 Å². The van der Waals surface area contributed by atoms with Gasteiger partial charge in [0, 0.05) is 53.7 Å². The molecule has 0 aliphatic carbocycles. The molecule has 0 amide bonds. The highest BCUT2D eigenvalue weighted by Crippen LogP contribution is 2.33. The van der Waals surface area contributed by atoms with Crippen molar-refractivity contribution in [2.24, 2.45) is 5.41 Å². The monoisotopic (exact) mass is 345 g/mol. The highest BCUT2D eigenvalue weighted by atomic mass is 35.5. The fourth-order valence-electron chi connectivity index (χ4n) is 3.42. The number of halogens is 1. The van der Waals surface area contributed by atoms with E-state index in [0.717, 1.165) is 50.0 Å². The van der Waals surface area contributed by atoms with Gasteiger partial charge in [0.1, 0.15) is 0 Å². The first-order valence-electron chi connectivity index (χ1n) is 8.54.